The number of rotatable bonds is 2. The fraction of sp³-hybridized carbons (Fsp3) is 0.286. The first-order valence-corrected chi connectivity index (χ1v) is 5.30. The zero-order valence-corrected chi connectivity index (χ0v) is 10.1. The summed E-state index contributed by atoms with van der Waals surface area (Å²) in [7, 11) is 3.39. The number of fused-ring (bicyclic) bond motifs is 1. The molecule has 0 saturated carbocycles. The molecule has 2 aromatic rings. The van der Waals surface area contributed by atoms with Gasteiger partial charge in [0.05, 0.1) is 14.2 Å². The van der Waals surface area contributed by atoms with Crippen molar-refractivity contribution in [3.05, 3.63) is 35.4 Å². The Balaban J connectivity index is 2.95. The fourth-order valence-electron chi connectivity index (χ4n) is 2.10. The van der Waals surface area contributed by atoms with Crippen LogP contribution in [-0.4, -0.2) is 14.2 Å². The van der Waals surface area contributed by atoms with Gasteiger partial charge in [0.25, 0.3) is 0 Å². The zero-order valence-electron chi connectivity index (χ0n) is 10.1. The maximum atomic E-state index is 5.41. The summed E-state index contributed by atoms with van der Waals surface area (Å²) in [6.45, 7) is 4.17. The molecule has 0 bridgehead atoms. The van der Waals surface area contributed by atoms with Gasteiger partial charge >= 0.3 is 0 Å². The Morgan fingerprint density at radius 3 is 1.38 bits per heavy atom. The van der Waals surface area contributed by atoms with Gasteiger partial charge in [-0.15, -0.1) is 0 Å². The number of hydrogen-bond donors (Lipinski definition) is 0. The molecule has 0 aliphatic rings. The number of hydrogen-bond acceptors (Lipinski definition) is 2. The second-order valence-electron chi connectivity index (χ2n) is 3.92. The summed E-state index contributed by atoms with van der Waals surface area (Å²) in [4.78, 5) is 0. The summed E-state index contributed by atoms with van der Waals surface area (Å²) in [6, 6.07) is 8.13. The van der Waals surface area contributed by atoms with Crippen LogP contribution in [0.5, 0.6) is 11.5 Å². The van der Waals surface area contributed by atoms with Gasteiger partial charge in [-0.3, -0.25) is 0 Å². The molecule has 16 heavy (non-hydrogen) atoms. The second-order valence-corrected chi connectivity index (χ2v) is 3.92. The number of methoxy groups -OCH3 is 2. The number of benzene rings is 2. The van der Waals surface area contributed by atoms with Gasteiger partial charge in [-0.25, -0.2) is 0 Å². The standard InChI is InChI=1S/C14H16O2/c1-9-5-6-10(2)14-12(16-4)8-7-11(15-3)13(9)14/h5-8H,1-4H3. The van der Waals surface area contributed by atoms with Crippen LogP contribution in [0, 0.1) is 13.8 Å². The first-order chi connectivity index (χ1) is 7.69. The minimum Gasteiger partial charge on any atom is -0.496 e. The molecule has 0 amide bonds. The SMILES string of the molecule is COc1ccc(OC)c2c(C)ccc(C)c12. The third-order valence-corrected chi connectivity index (χ3v) is 2.94. The highest BCUT2D eigenvalue weighted by Crippen LogP contribution is 2.37. The van der Waals surface area contributed by atoms with Crippen LogP contribution in [0.15, 0.2) is 24.3 Å². The quantitative estimate of drug-likeness (QED) is 0.765. The van der Waals surface area contributed by atoms with E-state index < -0.39 is 0 Å². The van der Waals surface area contributed by atoms with Crippen molar-refractivity contribution in [3.8, 4) is 11.5 Å². The Bertz CT molecular complexity index is 481. The maximum absolute atomic E-state index is 5.41. The van der Waals surface area contributed by atoms with Crippen molar-refractivity contribution < 1.29 is 9.47 Å². The van der Waals surface area contributed by atoms with E-state index in [1.807, 2.05) is 12.1 Å². The molecular formula is C14H16O2. The molecule has 2 nitrogen and oxygen atoms in total. The molecule has 0 unspecified atom stereocenters. The van der Waals surface area contributed by atoms with Gasteiger partial charge < -0.3 is 9.47 Å². The van der Waals surface area contributed by atoms with E-state index in [2.05, 4.69) is 26.0 Å². The van der Waals surface area contributed by atoms with Crippen LogP contribution in [0.3, 0.4) is 0 Å². The lowest BCUT2D eigenvalue weighted by molar-refractivity contribution is 0.410. The van der Waals surface area contributed by atoms with Gasteiger partial charge in [0.1, 0.15) is 11.5 Å². The summed E-state index contributed by atoms with van der Waals surface area (Å²) in [6.07, 6.45) is 0. The Morgan fingerprint density at radius 2 is 1.06 bits per heavy atom. The van der Waals surface area contributed by atoms with Crippen LogP contribution < -0.4 is 9.47 Å². The minimum absolute atomic E-state index is 0.900. The highest BCUT2D eigenvalue weighted by Gasteiger charge is 2.11. The van der Waals surface area contributed by atoms with E-state index >= 15 is 0 Å². The van der Waals surface area contributed by atoms with E-state index in [1.165, 1.54) is 11.1 Å². The average molecular weight is 216 g/mol. The van der Waals surface area contributed by atoms with Crippen molar-refractivity contribution in [2.24, 2.45) is 0 Å². The summed E-state index contributed by atoms with van der Waals surface area (Å²) in [5, 5.41) is 2.28. The van der Waals surface area contributed by atoms with Crippen molar-refractivity contribution >= 4 is 10.8 Å². The van der Waals surface area contributed by atoms with Crippen LogP contribution in [-0.2, 0) is 0 Å². The van der Waals surface area contributed by atoms with Crippen LogP contribution in [0.2, 0.25) is 0 Å². The van der Waals surface area contributed by atoms with Gasteiger partial charge in [0.15, 0.2) is 0 Å². The Kier molecular flexibility index (Phi) is 2.73. The summed E-state index contributed by atoms with van der Waals surface area (Å²) < 4.78 is 10.8. The molecule has 0 N–H and O–H groups in total. The molecule has 0 spiro atoms. The predicted molar refractivity (Wildman–Crippen MR) is 66.5 cm³/mol. The largest absolute Gasteiger partial charge is 0.496 e. The van der Waals surface area contributed by atoms with Gasteiger partial charge in [-0.05, 0) is 37.1 Å². The molecule has 0 aromatic heterocycles. The highest BCUT2D eigenvalue weighted by atomic mass is 16.5. The number of aryl methyl sites for hydroxylation is 2. The molecule has 2 heteroatoms. The Morgan fingerprint density at radius 1 is 0.688 bits per heavy atom. The fourth-order valence-corrected chi connectivity index (χ4v) is 2.10. The third-order valence-electron chi connectivity index (χ3n) is 2.94. The van der Waals surface area contributed by atoms with Gasteiger partial charge in [-0.1, -0.05) is 12.1 Å². The summed E-state index contributed by atoms with van der Waals surface area (Å²) in [5.74, 6) is 1.80. The van der Waals surface area contributed by atoms with E-state index in [4.69, 9.17) is 9.47 Å². The van der Waals surface area contributed by atoms with Crippen LogP contribution in [0.4, 0.5) is 0 Å². The molecule has 0 aliphatic heterocycles. The number of ether oxygens (including phenoxy) is 2. The molecule has 2 rings (SSSR count). The first-order valence-electron chi connectivity index (χ1n) is 5.30. The smallest absolute Gasteiger partial charge is 0.127 e. The summed E-state index contributed by atoms with van der Waals surface area (Å²) in [5.41, 5.74) is 2.41. The van der Waals surface area contributed by atoms with Crippen molar-refractivity contribution in [3.63, 3.8) is 0 Å². The Hall–Kier alpha value is -1.70. The molecule has 0 saturated heterocycles. The van der Waals surface area contributed by atoms with Crippen molar-refractivity contribution in [2.45, 2.75) is 13.8 Å². The lowest BCUT2D eigenvalue weighted by Crippen LogP contribution is -1.93. The van der Waals surface area contributed by atoms with E-state index in [9.17, 15) is 0 Å². The van der Waals surface area contributed by atoms with E-state index in [-0.39, 0.29) is 0 Å². The normalized spacial score (nSPS) is 10.5. The van der Waals surface area contributed by atoms with Crippen LogP contribution in [0.25, 0.3) is 10.8 Å². The maximum Gasteiger partial charge on any atom is 0.127 e. The van der Waals surface area contributed by atoms with E-state index in [1.54, 1.807) is 14.2 Å². The zero-order chi connectivity index (χ0) is 11.7. The minimum atomic E-state index is 0.900. The van der Waals surface area contributed by atoms with Gasteiger partial charge in [-0.2, -0.15) is 0 Å². The molecule has 0 aliphatic carbocycles. The topological polar surface area (TPSA) is 18.5 Å². The Labute approximate surface area is 95.8 Å². The molecule has 0 atom stereocenters. The summed E-state index contributed by atoms with van der Waals surface area (Å²) >= 11 is 0. The third kappa shape index (κ3) is 1.51. The molecule has 0 fully saturated rings. The van der Waals surface area contributed by atoms with Crippen LogP contribution >= 0.6 is 0 Å². The lowest BCUT2D eigenvalue weighted by atomic mass is 9.99. The molecular weight excluding hydrogens is 200 g/mol. The first kappa shape index (κ1) is 10.8. The monoisotopic (exact) mass is 216 g/mol. The lowest BCUT2D eigenvalue weighted by Gasteiger charge is -2.13. The molecule has 0 radical (unpaired) electrons. The highest BCUT2D eigenvalue weighted by molar-refractivity contribution is 5.98. The second kappa shape index (κ2) is 4.05. The molecule has 84 valence electrons. The van der Waals surface area contributed by atoms with Crippen molar-refractivity contribution in [1.29, 1.82) is 0 Å². The van der Waals surface area contributed by atoms with E-state index in [0.717, 1.165) is 22.3 Å². The predicted octanol–water partition coefficient (Wildman–Crippen LogP) is 3.47. The average Bonchev–Trinajstić information content (AvgIpc) is 2.32. The molecule has 2 aromatic carbocycles. The molecule has 0 heterocycles. The van der Waals surface area contributed by atoms with Crippen molar-refractivity contribution in [2.75, 3.05) is 14.2 Å². The van der Waals surface area contributed by atoms with Crippen molar-refractivity contribution in [1.82, 2.24) is 0 Å². The van der Waals surface area contributed by atoms with Gasteiger partial charge in [0, 0.05) is 10.8 Å². The van der Waals surface area contributed by atoms with E-state index in [0.29, 0.717) is 0 Å². The van der Waals surface area contributed by atoms with Gasteiger partial charge in [0.2, 0.25) is 0 Å². The van der Waals surface area contributed by atoms with Crippen LogP contribution in [0.1, 0.15) is 11.1 Å².